The van der Waals surface area contributed by atoms with Crippen LogP contribution in [0.4, 0.5) is 0 Å². The number of hydrogen-bond acceptors (Lipinski definition) is 15. The molecule has 0 bridgehead atoms. The van der Waals surface area contributed by atoms with Gasteiger partial charge in [0, 0.05) is 24.8 Å². The van der Waals surface area contributed by atoms with E-state index in [2.05, 4.69) is 4.74 Å². The van der Waals surface area contributed by atoms with Crippen molar-refractivity contribution in [1.29, 1.82) is 0 Å². The zero-order valence-electron chi connectivity index (χ0n) is 22.7. The van der Waals surface area contributed by atoms with E-state index in [1.54, 1.807) is 0 Å². The molecule has 0 saturated heterocycles. The topological polar surface area (TPSA) is 437 Å². The number of aliphatic hydroxyl groups is 2. The van der Waals surface area contributed by atoms with Crippen LogP contribution in [0.2, 0.25) is 0 Å². The standard InChI is InChI=1S/C12H14O13.C6H8O7.3Na.2H2O/c13-5(14)1-11(24,9(20)21)4-8(19)25-12(10(22)23,2-6(15)16)3-7(17)18;7-3(8)1-6(13,5(11)12)2-4(9)10;;;;;/h24H,1-4H2,(H,13,14)(H,15,16)(H,17,18)(H,20,21)(H,22,23);13H,1-2H2,(H,7,8)(H,9,10)(H,11,12);;;;2*1H2/q;;3*+1;;/p-3. The molecule has 25 heteroatoms. The van der Waals surface area contributed by atoms with Crippen LogP contribution in [0.25, 0.3) is 0 Å². The normalized spacial score (nSPS) is 11.0. The monoisotopic (exact) mass is 660 g/mol. The van der Waals surface area contributed by atoms with Crippen molar-refractivity contribution in [1.82, 2.24) is 0 Å². The number of hydrogen-bond donors (Lipinski definition) is 7. The molecule has 43 heavy (non-hydrogen) atoms. The number of carboxylic acids is 8. The largest absolute Gasteiger partial charge is 1.00 e. The Labute approximate surface area is 305 Å². The zero-order valence-corrected chi connectivity index (χ0v) is 28.7. The molecule has 0 aliphatic rings. The van der Waals surface area contributed by atoms with E-state index in [9.17, 15) is 63.6 Å². The van der Waals surface area contributed by atoms with Gasteiger partial charge in [-0.3, -0.25) is 19.2 Å². The third kappa shape index (κ3) is 22.3. The molecule has 11 N–H and O–H groups in total. The van der Waals surface area contributed by atoms with Crippen molar-refractivity contribution in [3.05, 3.63) is 0 Å². The number of carbonyl (C=O) groups is 9. The summed E-state index contributed by atoms with van der Waals surface area (Å²) in [4.78, 5) is 96.0. The van der Waals surface area contributed by atoms with E-state index >= 15 is 0 Å². The molecule has 0 saturated carbocycles. The fourth-order valence-electron chi connectivity index (χ4n) is 2.46. The van der Waals surface area contributed by atoms with E-state index in [0.29, 0.717) is 0 Å². The van der Waals surface area contributed by atoms with E-state index < -0.39 is 109 Å². The molecule has 0 rings (SSSR count). The van der Waals surface area contributed by atoms with Gasteiger partial charge in [0.1, 0.15) is 5.60 Å². The van der Waals surface area contributed by atoms with Gasteiger partial charge in [-0.1, -0.05) is 0 Å². The molecular formula is C18H23Na3O22. The Morgan fingerprint density at radius 1 is 0.512 bits per heavy atom. The molecule has 0 aromatic heterocycles. The van der Waals surface area contributed by atoms with Gasteiger partial charge >= 0.3 is 124 Å². The quantitative estimate of drug-likeness (QED) is 0.0596. The van der Waals surface area contributed by atoms with Crippen LogP contribution in [0.5, 0.6) is 0 Å². The van der Waals surface area contributed by atoms with Gasteiger partial charge in [0.05, 0.1) is 31.7 Å². The molecule has 0 aliphatic carbocycles. The molecule has 0 fully saturated rings. The van der Waals surface area contributed by atoms with E-state index in [0.717, 1.165) is 0 Å². The van der Waals surface area contributed by atoms with Crippen molar-refractivity contribution < 1.29 is 199 Å². The third-order valence-corrected chi connectivity index (χ3v) is 4.10. The van der Waals surface area contributed by atoms with E-state index in [-0.39, 0.29) is 99.6 Å². The Morgan fingerprint density at radius 3 is 1.05 bits per heavy atom. The molecule has 0 radical (unpaired) electrons. The maximum absolute atomic E-state index is 11.7. The minimum absolute atomic E-state index is 0. The Morgan fingerprint density at radius 2 is 0.837 bits per heavy atom. The summed E-state index contributed by atoms with van der Waals surface area (Å²) in [6.45, 7) is 0. The smallest absolute Gasteiger partial charge is 0.550 e. The molecule has 0 heterocycles. The summed E-state index contributed by atoms with van der Waals surface area (Å²) in [5, 5.41) is 92.4. The molecule has 0 spiro atoms. The number of carbonyl (C=O) groups excluding carboxylic acids is 4. The Hall–Kier alpha value is -1.93. The number of rotatable bonds is 16. The number of esters is 1. The van der Waals surface area contributed by atoms with Crippen LogP contribution < -0.4 is 104 Å². The average molecular weight is 660 g/mol. The van der Waals surface area contributed by atoms with E-state index in [1.807, 2.05) is 0 Å². The first-order valence-electron chi connectivity index (χ1n) is 9.42. The molecule has 0 aliphatic heterocycles. The van der Waals surface area contributed by atoms with Gasteiger partial charge in [0.25, 0.3) is 0 Å². The van der Waals surface area contributed by atoms with Crippen LogP contribution in [0.3, 0.4) is 0 Å². The Balaban J connectivity index is -0.000000125. The van der Waals surface area contributed by atoms with E-state index in [1.165, 1.54) is 0 Å². The van der Waals surface area contributed by atoms with Crippen molar-refractivity contribution in [3.8, 4) is 0 Å². The molecule has 230 valence electrons. The second-order valence-electron chi connectivity index (χ2n) is 7.42. The predicted molar refractivity (Wildman–Crippen MR) is 107 cm³/mol. The summed E-state index contributed by atoms with van der Waals surface area (Å²) < 4.78 is 4.33. The van der Waals surface area contributed by atoms with Gasteiger partial charge < -0.3 is 81.1 Å². The van der Waals surface area contributed by atoms with Crippen LogP contribution in [-0.2, 0) is 47.9 Å². The summed E-state index contributed by atoms with van der Waals surface area (Å²) in [5.74, 6) is -17.5. The molecule has 1 unspecified atom stereocenters. The van der Waals surface area contributed by atoms with Gasteiger partial charge in [-0.25, -0.2) is 9.59 Å². The van der Waals surface area contributed by atoms with E-state index in [4.69, 9.17) is 30.6 Å². The van der Waals surface area contributed by atoms with Gasteiger partial charge in [-0.15, -0.1) is 0 Å². The minimum atomic E-state index is -3.17. The third-order valence-electron chi connectivity index (χ3n) is 4.10. The summed E-state index contributed by atoms with van der Waals surface area (Å²) >= 11 is 0. The van der Waals surface area contributed by atoms with Crippen LogP contribution in [0.15, 0.2) is 0 Å². The SMILES string of the molecule is O.O.O=C(O)CC(O)(CC(=O)OC(CC(=O)O)(CC(=O)O)C(=O)O)C(=O)O.O=C([O-])CC(O)(CC(=O)[O-])C(=O)[O-].[Na+].[Na+].[Na+]. The zero-order chi connectivity index (χ0) is 30.6. The summed E-state index contributed by atoms with van der Waals surface area (Å²) in [7, 11) is 0. The molecule has 22 nitrogen and oxygen atoms in total. The second-order valence-corrected chi connectivity index (χ2v) is 7.42. The maximum Gasteiger partial charge on any atom is 1.00 e. The van der Waals surface area contributed by atoms with Crippen LogP contribution in [-0.4, -0.2) is 117 Å². The molecule has 0 aromatic carbocycles. The van der Waals surface area contributed by atoms with Crippen molar-refractivity contribution >= 4 is 53.7 Å². The first-order chi connectivity index (χ1) is 17.0. The second kappa shape index (κ2) is 24.4. The molecule has 0 aromatic rings. The fraction of sp³-hybridized carbons (Fsp3) is 0.500. The maximum atomic E-state index is 11.7. The van der Waals surface area contributed by atoms with Gasteiger partial charge in [0.15, 0.2) is 5.60 Å². The van der Waals surface area contributed by atoms with Crippen molar-refractivity contribution in [2.75, 3.05) is 0 Å². The summed E-state index contributed by atoms with van der Waals surface area (Å²) in [6, 6.07) is 0. The van der Waals surface area contributed by atoms with Gasteiger partial charge in [-0.2, -0.15) is 0 Å². The first kappa shape index (κ1) is 56.8. The first-order valence-corrected chi connectivity index (χ1v) is 9.42. The number of aliphatic carboxylic acids is 8. The van der Waals surface area contributed by atoms with Crippen LogP contribution in [0, 0.1) is 0 Å². The minimum Gasteiger partial charge on any atom is -0.550 e. The van der Waals surface area contributed by atoms with Crippen LogP contribution in [0.1, 0.15) is 38.5 Å². The predicted octanol–water partition coefficient (Wildman–Crippen LogP) is -17.9. The number of ether oxygens (including phenoxy) is 1. The Kier molecular flexibility index (Phi) is 32.2. The Bertz CT molecular complexity index is 979. The molecule has 1 atom stereocenters. The summed E-state index contributed by atoms with van der Waals surface area (Å²) in [6.07, 6.45) is -8.65. The van der Waals surface area contributed by atoms with Gasteiger partial charge in [0.2, 0.25) is 5.60 Å². The van der Waals surface area contributed by atoms with Crippen molar-refractivity contribution in [2.45, 2.75) is 55.3 Å². The van der Waals surface area contributed by atoms with Crippen molar-refractivity contribution in [2.24, 2.45) is 0 Å². The molecule has 0 amide bonds. The fourth-order valence-corrected chi connectivity index (χ4v) is 2.46. The van der Waals surface area contributed by atoms with Crippen molar-refractivity contribution in [3.63, 3.8) is 0 Å². The van der Waals surface area contributed by atoms with Gasteiger partial charge in [-0.05, 0) is 0 Å². The summed E-state index contributed by atoms with van der Waals surface area (Å²) in [5.41, 5.74) is -9.21. The number of carboxylic acid groups (broad SMARTS) is 8. The van der Waals surface area contributed by atoms with Crippen LogP contribution >= 0.6 is 0 Å². The average Bonchev–Trinajstić information content (AvgIpc) is 2.64. The molecular weight excluding hydrogens is 637 g/mol.